The Hall–Kier alpha value is -1.11. The van der Waals surface area contributed by atoms with Crippen LogP contribution in [0.3, 0.4) is 0 Å². The molecule has 0 radical (unpaired) electrons. The molecule has 1 aromatic rings. The predicted octanol–water partition coefficient (Wildman–Crippen LogP) is 3.58. The van der Waals surface area contributed by atoms with Gasteiger partial charge in [0.1, 0.15) is 5.83 Å². The molecule has 64 valence electrons. The molecular weight excluding hydrogens is 151 g/mol. The second kappa shape index (κ2) is 4.05. The van der Waals surface area contributed by atoms with Gasteiger partial charge < -0.3 is 0 Å². The molecule has 0 saturated heterocycles. The van der Waals surface area contributed by atoms with Gasteiger partial charge in [0, 0.05) is 5.56 Å². The van der Waals surface area contributed by atoms with Gasteiger partial charge in [0.2, 0.25) is 0 Å². The second-order valence-electron chi connectivity index (χ2n) is 2.86. The Morgan fingerprint density at radius 2 is 2.25 bits per heavy atom. The maximum atomic E-state index is 12.7. The topological polar surface area (TPSA) is 0 Å². The lowest BCUT2D eigenvalue weighted by Gasteiger charge is -2.00. The fourth-order valence-corrected chi connectivity index (χ4v) is 1.18. The minimum absolute atomic E-state index is 0.354. The van der Waals surface area contributed by atoms with Crippen LogP contribution in [0.25, 0.3) is 5.83 Å². The smallest absolute Gasteiger partial charge is 0.123 e. The maximum absolute atomic E-state index is 12.7. The van der Waals surface area contributed by atoms with Crippen LogP contribution in [-0.4, -0.2) is 0 Å². The zero-order valence-electron chi connectivity index (χ0n) is 7.31. The minimum Gasteiger partial charge on any atom is -0.207 e. The van der Waals surface area contributed by atoms with Crippen molar-refractivity contribution >= 4 is 5.83 Å². The summed E-state index contributed by atoms with van der Waals surface area (Å²) in [5, 5.41) is 0. The van der Waals surface area contributed by atoms with Gasteiger partial charge in [-0.1, -0.05) is 38.1 Å². The van der Waals surface area contributed by atoms with Crippen molar-refractivity contribution in [2.45, 2.75) is 19.8 Å². The molecule has 1 rings (SSSR count). The molecule has 0 unspecified atom stereocenters. The van der Waals surface area contributed by atoms with Gasteiger partial charge in [-0.15, -0.1) is 0 Å². The highest BCUT2D eigenvalue weighted by molar-refractivity contribution is 5.57. The number of halogens is 1. The van der Waals surface area contributed by atoms with E-state index in [0.29, 0.717) is 5.56 Å². The van der Waals surface area contributed by atoms with Crippen molar-refractivity contribution in [3.63, 3.8) is 0 Å². The van der Waals surface area contributed by atoms with Crippen molar-refractivity contribution in [2.75, 3.05) is 0 Å². The van der Waals surface area contributed by atoms with Crippen LogP contribution in [0.1, 0.15) is 24.5 Å². The maximum Gasteiger partial charge on any atom is 0.123 e. The summed E-state index contributed by atoms with van der Waals surface area (Å²) in [5.41, 5.74) is 1.77. The number of hydrogen-bond donors (Lipinski definition) is 0. The first-order valence-corrected chi connectivity index (χ1v) is 4.17. The van der Waals surface area contributed by atoms with Crippen LogP contribution in [-0.2, 0) is 6.42 Å². The van der Waals surface area contributed by atoms with E-state index in [4.69, 9.17) is 0 Å². The molecule has 0 N–H and O–H groups in total. The van der Waals surface area contributed by atoms with E-state index in [1.807, 2.05) is 18.2 Å². The van der Waals surface area contributed by atoms with E-state index in [1.54, 1.807) is 6.07 Å². The first kappa shape index (κ1) is 8.98. The summed E-state index contributed by atoms with van der Waals surface area (Å²) in [6.07, 6.45) is 2.09. The van der Waals surface area contributed by atoms with Crippen LogP contribution in [0.4, 0.5) is 4.39 Å². The zero-order valence-corrected chi connectivity index (χ0v) is 7.31. The Balaban J connectivity index is 2.88. The fourth-order valence-electron chi connectivity index (χ4n) is 1.18. The normalized spacial score (nSPS) is 9.83. The third-order valence-electron chi connectivity index (χ3n) is 1.78. The van der Waals surface area contributed by atoms with Crippen LogP contribution in [0.15, 0.2) is 30.8 Å². The molecule has 1 heteroatoms. The molecule has 0 nitrogen and oxygen atoms in total. The van der Waals surface area contributed by atoms with Gasteiger partial charge in [-0.05, 0) is 18.1 Å². The first-order valence-electron chi connectivity index (χ1n) is 4.17. The van der Waals surface area contributed by atoms with Gasteiger partial charge in [-0.25, -0.2) is 4.39 Å². The average Bonchev–Trinajstić information content (AvgIpc) is 2.05. The Labute approximate surface area is 72.7 Å². The van der Waals surface area contributed by atoms with Crippen LogP contribution in [0.2, 0.25) is 0 Å². The summed E-state index contributed by atoms with van der Waals surface area (Å²) >= 11 is 0. The van der Waals surface area contributed by atoms with Gasteiger partial charge in [-0.2, -0.15) is 0 Å². The van der Waals surface area contributed by atoms with E-state index in [2.05, 4.69) is 13.5 Å². The van der Waals surface area contributed by atoms with Gasteiger partial charge in [0.05, 0.1) is 0 Å². The third-order valence-corrected chi connectivity index (χ3v) is 1.78. The molecule has 0 aliphatic rings. The Kier molecular flexibility index (Phi) is 3.03. The summed E-state index contributed by atoms with van der Waals surface area (Å²) in [5.74, 6) is -0.354. The van der Waals surface area contributed by atoms with Crippen LogP contribution in [0, 0.1) is 0 Å². The highest BCUT2D eigenvalue weighted by Gasteiger charge is 1.97. The molecule has 0 bridgehead atoms. The molecule has 0 atom stereocenters. The van der Waals surface area contributed by atoms with Crippen LogP contribution in [0.5, 0.6) is 0 Å². The number of benzene rings is 1. The van der Waals surface area contributed by atoms with Gasteiger partial charge >= 0.3 is 0 Å². The second-order valence-corrected chi connectivity index (χ2v) is 2.86. The van der Waals surface area contributed by atoms with Crippen LogP contribution >= 0.6 is 0 Å². The SMILES string of the molecule is C=C(F)c1cccc(CCC)c1. The summed E-state index contributed by atoms with van der Waals surface area (Å²) in [4.78, 5) is 0. The minimum atomic E-state index is -0.354. The monoisotopic (exact) mass is 164 g/mol. The molecule has 12 heavy (non-hydrogen) atoms. The van der Waals surface area contributed by atoms with Gasteiger partial charge in [0.15, 0.2) is 0 Å². The molecule has 0 heterocycles. The molecule has 0 fully saturated rings. The first-order chi connectivity index (χ1) is 5.74. The average molecular weight is 164 g/mol. The van der Waals surface area contributed by atoms with Gasteiger partial charge in [0.25, 0.3) is 0 Å². The molecule has 0 spiro atoms. The molecule has 0 saturated carbocycles. The molecule has 0 amide bonds. The van der Waals surface area contributed by atoms with Crippen molar-refractivity contribution in [1.29, 1.82) is 0 Å². The van der Waals surface area contributed by atoms with Crippen molar-refractivity contribution in [2.24, 2.45) is 0 Å². The Morgan fingerprint density at radius 3 is 2.83 bits per heavy atom. The lowest BCUT2D eigenvalue weighted by Crippen LogP contribution is -1.84. The van der Waals surface area contributed by atoms with Gasteiger partial charge in [-0.3, -0.25) is 0 Å². The van der Waals surface area contributed by atoms with Crippen molar-refractivity contribution in [1.82, 2.24) is 0 Å². The number of aryl methyl sites for hydroxylation is 1. The predicted molar refractivity (Wildman–Crippen MR) is 50.6 cm³/mol. The zero-order chi connectivity index (χ0) is 8.97. The summed E-state index contributed by atoms with van der Waals surface area (Å²) in [6.45, 7) is 5.37. The van der Waals surface area contributed by atoms with E-state index < -0.39 is 0 Å². The van der Waals surface area contributed by atoms with E-state index in [0.717, 1.165) is 12.8 Å². The standard InChI is InChI=1S/C11H13F/c1-3-5-10-6-4-7-11(8-10)9(2)12/h4,6-8H,2-3,5H2,1H3. The molecule has 0 aliphatic carbocycles. The molecule has 0 aliphatic heterocycles. The number of rotatable bonds is 3. The van der Waals surface area contributed by atoms with E-state index in [1.165, 1.54) is 5.56 Å². The van der Waals surface area contributed by atoms with E-state index in [-0.39, 0.29) is 5.83 Å². The largest absolute Gasteiger partial charge is 0.207 e. The van der Waals surface area contributed by atoms with E-state index in [9.17, 15) is 4.39 Å². The van der Waals surface area contributed by atoms with Crippen molar-refractivity contribution < 1.29 is 4.39 Å². The summed E-state index contributed by atoms with van der Waals surface area (Å²) < 4.78 is 12.7. The lowest BCUT2D eigenvalue weighted by molar-refractivity contribution is 0.762. The quantitative estimate of drug-likeness (QED) is 0.640. The highest BCUT2D eigenvalue weighted by Crippen LogP contribution is 2.15. The Bertz CT molecular complexity index is 276. The summed E-state index contributed by atoms with van der Waals surface area (Å²) in [6, 6.07) is 7.47. The summed E-state index contributed by atoms with van der Waals surface area (Å²) in [7, 11) is 0. The third kappa shape index (κ3) is 2.19. The molecular formula is C11H13F. The highest BCUT2D eigenvalue weighted by atomic mass is 19.1. The molecule has 0 aromatic heterocycles. The lowest BCUT2D eigenvalue weighted by atomic mass is 10.1. The molecule has 1 aromatic carbocycles. The Morgan fingerprint density at radius 1 is 1.50 bits per heavy atom. The van der Waals surface area contributed by atoms with E-state index >= 15 is 0 Å². The van der Waals surface area contributed by atoms with Crippen molar-refractivity contribution in [3.05, 3.63) is 42.0 Å². The van der Waals surface area contributed by atoms with Crippen LogP contribution < -0.4 is 0 Å². The van der Waals surface area contributed by atoms with Crippen molar-refractivity contribution in [3.8, 4) is 0 Å². The fraction of sp³-hybridized carbons (Fsp3) is 0.273. The number of hydrogen-bond acceptors (Lipinski definition) is 0.